The van der Waals surface area contributed by atoms with Crippen molar-refractivity contribution in [2.75, 3.05) is 0 Å². The highest BCUT2D eigenvalue weighted by atomic mass is 14.6. The van der Waals surface area contributed by atoms with Crippen molar-refractivity contribution < 1.29 is 0 Å². The van der Waals surface area contributed by atoms with E-state index in [4.69, 9.17) is 0 Å². The van der Waals surface area contributed by atoms with E-state index >= 15 is 0 Å². The molecule has 0 amide bonds. The summed E-state index contributed by atoms with van der Waals surface area (Å²) in [6, 6.07) is 0. The molecule has 0 aliphatic rings. The first-order chi connectivity index (χ1) is 3.91. The molecule has 0 bridgehead atoms. The summed E-state index contributed by atoms with van der Waals surface area (Å²) in [5.74, 6) is 0. The van der Waals surface area contributed by atoms with E-state index in [2.05, 4.69) is 18.2 Å². The highest BCUT2D eigenvalue weighted by Gasteiger charge is 1.48. The molecule has 1 nitrogen and oxygen atoms in total. The van der Waals surface area contributed by atoms with E-state index in [1.54, 1.807) is 12.4 Å². The van der Waals surface area contributed by atoms with E-state index in [0.29, 0.717) is 0 Å². The predicted octanol–water partition coefficient (Wildman–Crippen LogP) is 2.41. The molecule has 0 radical (unpaired) electrons. The number of hydrogen-bond donors (Lipinski definition) is 0. The summed E-state index contributed by atoms with van der Waals surface area (Å²) in [5, 5.41) is 0. The van der Waals surface area contributed by atoms with Gasteiger partial charge >= 0.3 is 0 Å². The van der Waals surface area contributed by atoms with Crippen LogP contribution in [0, 0.1) is 0 Å². The van der Waals surface area contributed by atoms with Crippen molar-refractivity contribution in [2.45, 2.75) is 13.8 Å². The lowest BCUT2D eigenvalue weighted by Crippen LogP contribution is -1.49. The first-order valence-corrected chi connectivity index (χ1v) is 2.50. The molecule has 0 atom stereocenters. The van der Waals surface area contributed by atoms with Crippen molar-refractivity contribution in [3.8, 4) is 0 Å². The summed E-state index contributed by atoms with van der Waals surface area (Å²) in [7, 11) is 0. The molecule has 0 fully saturated rings. The summed E-state index contributed by atoms with van der Waals surface area (Å²) in [6.07, 6.45) is 5.39. The molecule has 0 heterocycles. The molecule has 0 unspecified atom stereocenters. The van der Waals surface area contributed by atoms with Gasteiger partial charge in [-0.1, -0.05) is 6.08 Å². The summed E-state index contributed by atoms with van der Waals surface area (Å²) in [6.45, 7) is 9.83. The third-order valence-corrected chi connectivity index (χ3v) is 0.384. The van der Waals surface area contributed by atoms with Crippen molar-refractivity contribution in [1.29, 1.82) is 0 Å². The topological polar surface area (TPSA) is 12.4 Å². The zero-order chi connectivity index (χ0) is 6.83. The van der Waals surface area contributed by atoms with E-state index in [9.17, 15) is 0 Å². The van der Waals surface area contributed by atoms with Gasteiger partial charge in [0.05, 0.1) is 0 Å². The molecular formula is C7H13N. The Morgan fingerprint density at radius 1 is 1.25 bits per heavy atom. The SMILES string of the molecule is C=C.CC=N/C=C\C. The standard InChI is InChI=1S/C5H9N.C2H4/c1-3-5-6-4-2;1-2/h3-5H,1-2H3;1-2H2/b5-3-,6-4?;. The van der Waals surface area contributed by atoms with Crippen LogP contribution in [0.25, 0.3) is 0 Å². The van der Waals surface area contributed by atoms with Crippen molar-refractivity contribution in [3.05, 3.63) is 25.4 Å². The molecular weight excluding hydrogens is 98.1 g/mol. The average Bonchev–Trinajstić information content (AvgIpc) is 1.88. The first kappa shape index (κ1) is 10.2. The molecule has 8 heavy (non-hydrogen) atoms. The smallest absolute Gasteiger partial charge is 0.0221 e. The fourth-order valence-electron chi connectivity index (χ4n) is 0.172. The number of nitrogens with zero attached hydrogens (tertiary/aromatic N) is 1. The quantitative estimate of drug-likeness (QED) is 0.364. The summed E-state index contributed by atoms with van der Waals surface area (Å²) < 4.78 is 0. The van der Waals surface area contributed by atoms with Gasteiger partial charge in [-0.2, -0.15) is 0 Å². The van der Waals surface area contributed by atoms with Crippen LogP contribution in [0.4, 0.5) is 0 Å². The second-order valence-electron chi connectivity index (χ2n) is 0.890. The lowest BCUT2D eigenvalue weighted by Gasteiger charge is -1.64. The van der Waals surface area contributed by atoms with Crippen LogP contribution in [0.5, 0.6) is 0 Å². The first-order valence-electron chi connectivity index (χ1n) is 2.50. The Balaban J connectivity index is 0. The second kappa shape index (κ2) is 16.4. The van der Waals surface area contributed by atoms with Crippen LogP contribution >= 0.6 is 0 Å². The molecule has 0 rings (SSSR count). The van der Waals surface area contributed by atoms with Gasteiger partial charge in [0.25, 0.3) is 0 Å². The minimum Gasteiger partial charge on any atom is -0.270 e. The van der Waals surface area contributed by atoms with Crippen molar-refractivity contribution >= 4 is 6.21 Å². The minimum atomic E-state index is 1.75. The highest BCUT2D eigenvalue weighted by molar-refractivity contribution is 5.54. The molecule has 0 aliphatic heterocycles. The van der Waals surface area contributed by atoms with Crippen molar-refractivity contribution in [1.82, 2.24) is 0 Å². The van der Waals surface area contributed by atoms with Gasteiger partial charge in [-0.25, -0.2) is 0 Å². The monoisotopic (exact) mass is 111 g/mol. The Labute approximate surface area is 51.5 Å². The van der Waals surface area contributed by atoms with Crippen LogP contribution in [0.1, 0.15) is 13.8 Å². The molecule has 0 N–H and O–H groups in total. The fraction of sp³-hybridized carbons (Fsp3) is 0.286. The third kappa shape index (κ3) is 19.2. The number of aliphatic imine (C=N–C) groups is 1. The molecule has 0 saturated heterocycles. The molecule has 0 aromatic heterocycles. The zero-order valence-electron chi connectivity index (χ0n) is 5.59. The number of rotatable bonds is 1. The van der Waals surface area contributed by atoms with Gasteiger partial charge in [0, 0.05) is 12.4 Å². The molecule has 0 aliphatic carbocycles. The van der Waals surface area contributed by atoms with Gasteiger partial charge in [0.1, 0.15) is 0 Å². The van der Waals surface area contributed by atoms with Crippen molar-refractivity contribution in [2.24, 2.45) is 4.99 Å². The van der Waals surface area contributed by atoms with E-state index in [0.717, 1.165) is 0 Å². The van der Waals surface area contributed by atoms with Gasteiger partial charge < -0.3 is 0 Å². The van der Waals surface area contributed by atoms with Gasteiger partial charge in [-0.3, -0.25) is 4.99 Å². The maximum absolute atomic E-state index is 3.78. The molecule has 0 aromatic carbocycles. The van der Waals surface area contributed by atoms with Crippen molar-refractivity contribution in [3.63, 3.8) is 0 Å². The average molecular weight is 111 g/mol. The van der Waals surface area contributed by atoms with E-state index in [1.807, 2.05) is 19.9 Å². The van der Waals surface area contributed by atoms with Gasteiger partial charge in [0.15, 0.2) is 0 Å². The highest BCUT2D eigenvalue weighted by Crippen LogP contribution is 1.67. The van der Waals surface area contributed by atoms with Crippen LogP contribution < -0.4 is 0 Å². The second-order valence-corrected chi connectivity index (χ2v) is 0.890. The van der Waals surface area contributed by atoms with E-state index in [-0.39, 0.29) is 0 Å². The molecule has 0 aromatic rings. The lowest BCUT2D eigenvalue weighted by molar-refractivity contribution is 1.53. The summed E-state index contributed by atoms with van der Waals surface area (Å²) >= 11 is 0. The predicted molar refractivity (Wildman–Crippen MR) is 40.2 cm³/mol. The third-order valence-electron chi connectivity index (χ3n) is 0.384. The molecule has 46 valence electrons. The van der Waals surface area contributed by atoms with Crippen LogP contribution in [0.3, 0.4) is 0 Å². The largest absolute Gasteiger partial charge is 0.270 e. The van der Waals surface area contributed by atoms with Crippen LogP contribution in [-0.4, -0.2) is 6.21 Å². The zero-order valence-corrected chi connectivity index (χ0v) is 5.59. The van der Waals surface area contributed by atoms with Crippen LogP contribution in [0.15, 0.2) is 30.4 Å². The molecule has 0 spiro atoms. The Hall–Kier alpha value is -0.850. The van der Waals surface area contributed by atoms with E-state index in [1.165, 1.54) is 0 Å². The minimum absolute atomic E-state index is 1.75. The van der Waals surface area contributed by atoms with Gasteiger partial charge in [-0.15, -0.1) is 13.2 Å². The maximum atomic E-state index is 3.78. The Bertz CT molecular complexity index is 62.5. The molecule has 1 heteroatoms. The fourth-order valence-corrected chi connectivity index (χ4v) is 0.172. The van der Waals surface area contributed by atoms with Gasteiger partial charge in [-0.05, 0) is 13.8 Å². The van der Waals surface area contributed by atoms with Gasteiger partial charge in [0.2, 0.25) is 0 Å². The normalized spacial score (nSPS) is 9.25. The van der Waals surface area contributed by atoms with Crippen LogP contribution in [-0.2, 0) is 0 Å². The number of allylic oxidation sites excluding steroid dienone is 1. The Kier molecular flexibility index (Phi) is 21.0. The van der Waals surface area contributed by atoms with E-state index < -0.39 is 0 Å². The maximum Gasteiger partial charge on any atom is 0.0221 e. The van der Waals surface area contributed by atoms with Crippen LogP contribution in [0.2, 0.25) is 0 Å². The number of hydrogen-bond acceptors (Lipinski definition) is 1. The Morgan fingerprint density at radius 3 is 1.88 bits per heavy atom. The Morgan fingerprint density at radius 2 is 1.75 bits per heavy atom. The molecule has 0 saturated carbocycles. The summed E-state index contributed by atoms with van der Waals surface area (Å²) in [4.78, 5) is 3.78. The lowest BCUT2D eigenvalue weighted by atomic mass is 10.7. The summed E-state index contributed by atoms with van der Waals surface area (Å²) in [5.41, 5.74) is 0.